The van der Waals surface area contributed by atoms with E-state index in [1.807, 2.05) is 11.7 Å². The molecule has 4 heteroatoms. The lowest BCUT2D eigenvalue weighted by molar-refractivity contribution is 0.527. The smallest absolute Gasteiger partial charge is 0.0820 e. The van der Waals surface area contributed by atoms with E-state index in [0.29, 0.717) is 5.92 Å². The average molecular weight is 230 g/mol. The van der Waals surface area contributed by atoms with E-state index in [9.17, 15) is 0 Å². The van der Waals surface area contributed by atoms with Crippen LogP contribution < -0.4 is 5.32 Å². The van der Waals surface area contributed by atoms with Crippen molar-refractivity contribution in [2.45, 2.75) is 39.2 Å². The van der Waals surface area contributed by atoms with Crippen LogP contribution in [0.15, 0.2) is 6.20 Å². The van der Waals surface area contributed by atoms with E-state index in [1.54, 1.807) is 6.20 Å². The number of hydrogen-bond donors (Lipinski definition) is 1. The summed E-state index contributed by atoms with van der Waals surface area (Å²) in [6.07, 6.45) is 3.93. The Hall–Kier alpha value is -0.540. The molecule has 1 aromatic rings. The fourth-order valence-electron chi connectivity index (χ4n) is 1.75. The lowest BCUT2D eigenvalue weighted by atomic mass is 10.0. The predicted octanol–water partition coefficient (Wildman–Crippen LogP) is 2.66. The summed E-state index contributed by atoms with van der Waals surface area (Å²) in [6.45, 7) is 6.31. The second kappa shape index (κ2) is 6.13. The molecule has 0 aromatic carbocycles. The molecule has 0 radical (unpaired) electrons. The van der Waals surface area contributed by atoms with E-state index in [-0.39, 0.29) is 0 Å². The van der Waals surface area contributed by atoms with Crippen LogP contribution in [-0.2, 0) is 6.54 Å². The van der Waals surface area contributed by atoms with Crippen molar-refractivity contribution in [1.29, 1.82) is 0 Å². The number of aryl methyl sites for hydroxylation is 1. The Labute approximate surface area is 96.8 Å². The van der Waals surface area contributed by atoms with Gasteiger partial charge in [0.25, 0.3) is 0 Å². The first-order valence-electron chi connectivity index (χ1n) is 5.56. The van der Waals surface area contributed by atoms with Crippen LogP contribution in [0.2, 0.25) is 5.02 Å². The first kappa shape index (κ1) is 12.5. The molecule has 3 nitrogen and oxygen atoms in total. The van der Waals surface area contributed by atoms with Gasteiger partial charge in [-0.2, -0.15) is 5.10 Å². The van der Waals surface area contributed by atoms with Gasteiger partial charge in [-0.1, -0.05) is 25.4 Å². The molecule has 0 aliphatic rings. The normalized spacial score (nSPS) is 13.1. The van der Waals surface area contributed by atoms with E-state index in [1.165, 1.54) is 5.69 Å². The summed E-state index contributed by atoms with van der Waals surface area (Å²) >= 11 is 6.15. The highest BCUT2D eigenvalue weighted by atomic mass is 35.5. The van der Waals surface area contributed by atoms with Gasteiger partial charge in [0.1, 0.15) is 0 Å². The van der Waals surface area contributed by atoms with Crippen molar-refractivity contribution in [2.75, 3.05) is 13.6 Å². The van der Waals surface area contributed by atoms with Gasteiger partial charge in [-0.15, -0.1) is 0 Å². The predicted molar refractivity (Wildman–Crippen MR) is 64.5 cm³/mol. The number of nitrogens with one attached hydrogen (secondary N) is 1. The molecule has 0 aliphatic carbocycles. The van der Waals surface area contributed by atoms with Gasteiger partial charge in [0.05, 0.1) is 16.9 Å². The van der Waals surface area contributed by atoms with Crippen molar-refractivity contribution in [3.63, 3.8) is 0 Å². The molecule has 0 aliphatic heterocycles. The maximum atomic E-state index is 6.15. The van der Waals surface area contributed by atoms with Crippen LogP contribution in [0.1, 0.15) is 38.3 Å². The van der Waals surface area contributed by atoms with E-state index < -0.39 is 0 Å². The summed E-state index contributed by atoms with van der Waals surface area (Å²) in [5.74, 6) is 0.457. The highest BCUT2D eigenvalue weighted by molar-refractivity contribution is 6.31. The Morgan fingerprint density at radius 1 is 1.60 bits per heavy atom. The minimum Gasteiger partial charge on any atom is -0.320 e. The Balaban J connectivity index is 2.75. The van der Waals surface area contributed by atoms with Crippen molar-refractivity contribution < 1.29 is 0 Å². The second-order valence-corrected chi connectivity index (χ2v) is 4.30. The molecule has 86 valence electrons. The molecule has 1 unspecified atom stereocenters. The van der Waals surface area contributed by atoms with Crippen LogP contribution in [0, 0.1) is 0 Å². The zero-order chi connectivity index (χ0) is 11.3. The molecule has 0 bridgehead atoms. The van der Waals surface area contributed by atoms with Crippen LogP contribution in [0.25, 0.3) is 0 Å². The van der Waals surface area contributed by atoms with Gasteiger partial charge >= 0.3 is 0 Å². The number of aromatic nitrogens is 2. The van der Waals surface area contributed by atoms with Crippen molar-refractivity contribution in [3.05, 3.63) is 16.9 Å². The standard InChI is InChI=1S/C11H20ClN3/c1-4-7-15-11(10(12)8-14-15)9(2)5-6-13-3/h8-9,13H,4-7H2,1-3H3. The number of rotatable bonds is 6. The van der Waals surface area contributed by atoms with E-state index in [2.05, 4.69) is 24.3 Å². The zero-order valence-electron chi connectivity index (χ0n) is 9.76. The molecule has 0 saturated heterocycles. The minimum atomic E-state index is 0.457. The molecule has 0 spiro atoms. The first-order chi connectivity index (χ1) is 7.20. The third-order valence-corrected chi connectivity index (χ3v) is 2.85. The van der Waals surface area contributed by atoms with Crippen LogP contribution in [0.3, 0.4) is 0 Å². The van der Waals surface area contributed by atoms with Crippen LogP contribution in [0.5, 0.6) is 0 Å². The third-order valence-electron chi connectivity index (χ3n) is 2.56. The molecule has 1 heterocycles. The Morgan fingerprint density at radius 3 is 2.93 bits per heavy atom. The summed E-state index contributed by atoms with van der Waals surface area (Å²) in [7, 11) is 1.97. The fourth-order valence-corrected chi connectivity index (χ4v) is 2.08. The van der Waals surface area contributed by atoms with Gasteiger partial charge in [-0.3, -0.25) is 4.68 Å². The largest absolute Gasteiger partial charge is 0.320 e. The molecule has 0 saturated carbocycles. The topological polar surface area (TPSA) is 29.9 Å². The van der Waals surface area contributed by atoms with Crippen LogP contribution >= 0.6 is 11.6 Å². The van der Waals surface area contributed by atoms with Gasteiger partial charge in [0.2, 0.25) is 0 Å². The van der Waals surface area contributed by atoms with Gasteiger partial charge in [-0.05, 0) is 26.4 Å². The molecule has 1 atom stereocenters. The van der Waals surface area contributed by atoms with Crippen molar-refractivity contribution in [1.82, 2.24) is 15.1 Å². The van der Waals surface area contributed by atoms with Crippen LogP contribution in [0.4, 0.5) is 0 Å². The van der Waals surface area contributed by atoms with Gasteiger partial charge < -0.3 is 5.32 Å². The summed E-state index contributed by atoms with van der Waals surface area (Å²) in [5.41, 5.74) is 1.17. The fraction of sp³-hybridized carbons (Fsp3) is 0.727. The lowest BCUT2D eigenvalue weighted by Crippen LogP contribution is -2.14. The van der Waals surface area contributed by atoms with E-state index >= 15 is 0 Å². The van der Waals surface area contributed by atoms with Crippen molar-refractivity contribution in [2.24, 2.45) is 0 Å². The molecule has 0 amide bonds. The summed E-state index contributed by atoms with van der Waals surface area (Å²) in [4.78, 5) is 0. The summed E-state index contributed by atoms with van der Waals surface area (Å²) in [5, 5.41) is 8.26. The second-order valence-electron chi connectivity index (χ2n) is 3.89. The maximum absolute atomic E-state index is 6.15. The van der Waals surface area contributed by atoms with E-state index in [4.69, 9.17) is 11.6 Å². The quantitative estimate of drug-likeness (QED) is 0.813. The molecule has 0 fully saturated rings. The highest BCUT2D eigenvalue weighted by Gasteiger charge is 2.15. The van der Waals surface area contributed by atoms with Crippen molar-refractivity contribution in [3.8, 4) is 0 Å². The monoisotopic (exact) mass is 229 g/mol. The number of hydrogen-bond acceptors (Lipinski definition) is 2. The van der Waals surface area contributed by atoms with E-state index in [0.717, 1.165) is 31.0 Å². The molecular formula is C11H20ClN3. The minimum absolute atomic E-state index is 0.457. The third kappa shape index (κ3) is 3.21. The zero-order valence-corrected chi connectivity index (χ0v) is 10.5. The Kier molecular flexibility index (Phi) is 5.12. The molecule has 1 aromatic heterocycles. The average Bonchev–Trinajstić information content (AvgIpc) is 2.57. The summed E-state index contributed by atoms with van der Waals surface area (Å²) in [6, 6.07) is 0. The Bertz CT molecular complexity index is 296. The molecule has 1 rings (SSSR count). The van der Waals surface area contributed by atoms with Gasteiger partial charge in [0, 0.05) is 12.5 Å². The Morgan fingerprint density at radius 2 is 2.33 bits per heavy atom. The molecular weight excluding hydrogens is 210 g/mol. The SMILES string of the molecule is CCCn1ncc(Cl)c1C(C)CCNC. The van der Waals surface area contributed by atoms with Crippen LogP contribution in [-0.4, -0.2) is 23.4 Å². The maximum Gasteiger partial charge on any atom is 0.0820 e. The number of nitrogens with zero attached hydrogens (tertiary/aromatic N) is 2. The first-order valence-corrected chi connectivity index (χ1v) is 5.94. The number of halogens is 1. The van der Waals surface area contributed by atoms with Gasteiger partial charge in [-0.25, -0.2) is 0 Å². The van der Waals surface area contributed by atoms with Gasteiger partial charge in [0.15, 0.2) is 0 Å². The molecule has 15 heavy (non-hydrogen) atoms. The lowest BCUT2D eigenvalue weighted by Gasteiger charge is -2.14. The highest BCUT2D eigenvalue weighted by Crippen LogP contribution is 2.26. The van der Waals surface area contributed by atoms with Crippen molar-refractivity contribution >= 4 is 11.6 Å². The summed E-state index contributed by atoms with van der Waals surface area (Å²) < 4.78 is 2.03. The molecule has 1 N–H and O–H groups in total.